The minimum absolute atomic E-state index is 0.0178. The maximum absolute atomic E-state index is 12.9. The summed E-state index contributed by atoms with van der Waals surface area (Å²) >= 11 is 1.37. The number of fused-ring (bicyclic) bond motifs is 1. The Labute approximate surface area is 206 Å². The van der Waals surface area contributed by atoms with Crippen LogP contribution in [0.1, 0.15) is 29.0 Å². The van der Waals surface area contributed by atoms with E-state index in [1.165, 1.54) is 11.3 Å². The largest absolute Gasteiger partial charge is 0.451 e. The van der Waals surface area contributed by atoms with Crippen molar-refractivity contribution >= 4 is 50.8 Å². The van der Waals surface area contributed by atoms with Crippen LogP contribution in [-0.4, -0.2) is 40.7 Å². The van der Waals surface area contributed by atoms with Crippen LogP contribution in [-0.2, 0) is 16.0 Å². The second-order valence-electron chi connectivity index (χ2n) is 8.48. The minimum Gasteiger partial charge on any atom is -0.451 e. The molecule has 0 aliphatic carbocycles. The lowest BCUT2D eigenvalue weighted by molar-refractivity contribution is -0.133. The Morgan fingerprint density at radius 1 is 1.09 bits per heavy atom. The van der Waals surface area contributed by atoms with Gasteiger partial charge in [-0.15, -0.1) is 11.3 Å². The van der Waals surface area contributed by atoms with E-state index in [1.807, 2.05) is 41.8 Å². The topological polar surface area (TPSA) is 105 Å². The third-order valence-corrected chi connectivity index (χ3v) is 6.71. The molecule has 3 heterocycles. The van der Waals surface area contributed by atoms with Gasteiger partial charge in [0.15, 0.2) is 10.9 Å². The van der Waals surface area contributed by atoms with E-state index in [1.54, 1.807) is 29.3 Å². The molecule has 178 valence electrons. The van der Waals surface area contributed by atoms with Crippen molar-refractivity contribution in [1.82, 2.24) is 9.88 Å². The molecule has 9 heteroatoms. The summed E-state index contributed by atoms with van der Waals surface area (Å²) in [5.41, 5.74) is 2.11. The van der Waals surface area contributed by atoms with Crippen LogP contribution in [0.4, 0.5) is 10.8 Å². The average Bonchev–Trinajstić information content (AvgIpc) is 3.55. The number of para-hydroxylation sites is 1. The fourth-order valence-corrected chi connectivity index (χ4v) is 4.72. The van der Waals surface area contributed by atoms with Gasteiger partial charge in [0.2, 0.25) is 11.8 Å². The Kier molecular flexibility index (Phi) is 6.58. The van der Waals surface area contributed by atoms with Gasteiger partial charge in [-0.05, 0) is 42.7 Å². The summed E-state index contributed by atoms with van der Waals surface area (Å²) in [5.74, 6) is -0.449. The van der Waals surface area contributed by atoms with Crippen molar-refractivity contribution in [1.29, 1.82) is 0 Å². The summed E-state index contributed by atoms with van der Waals surface area (Å²) in [5, 5.41) is 8.90. The molecule has 1 unspecified atom stereocenters. The summed E-state index contributed by atoms with van der Waals surface area (Å²) in [6.07, 6.45) is 3.42. The average molecular weight is 489 g/mol. The highest BCUT2D eigenvalue weighted by atomic mass is 32.1. The van der Waals surface area contributed by atoms with Crippen molar-refractivity contribution in [3.05, 3.63) is 77.5 Å². The predicted molar refractivity (Wildman–Crippen MR) is 134 cm³/mol. The first kappa shape index (κ1) is 22.8. The van der Waals surface area contributed by atoms with Crippen LogP contribution in [0, 0.1) is 5.92 Å². The molecular weight excluding hydrogens is 464 g/mol. The van der Waals surface area contributed by atoms with Crippen LogP contribution in [0.3, 0.4) is 0 Å². The molecule has 1 atom stereocenters. The number of hydrogen-bond acceptors (Lipinski definition) is 6. The fraction of sp³-hybridized carbons (Fsp3) is 0.231. The van der Waals surface area contributed by atoms with E-state index in [0.717, 1.165) is 23.8 Å². The number of benzene rings is 2. The summed E-state index contributed by atoms with van der Waals surface area (Å²) in [4.78, 5) is 43.8. The number of carbonyl (C=O) groups excluding carboxylic acids is 3. The molecule has 0 bridgehead atoms. The normalized spacial score (nSPS) is 15.7. The molecular formula is C26H24N4O4S. The van der Waals surface area contributed by atoms with Gasteiger partial charge in [-0.3, -0.25) is 14.4 Å². The summed E-state index contributed by atoms with van der Waals surface area (Å²) in [6, 6.07) is 16.3. The smallest absolute Gasteiger partial charge is 0.291 e. The molecule has 35 heavy (non-hydrogen) atoms. The third-order valence-electron chi connectivity index (χ3n) is 6.02. The highest BCUT2D eigenvalue weighted by Gasteiger charge is 2.28. The maximum Gasteiger partial charge on any atom is 0.291 e. The molecule has 5 rings (SSSR count). The van der Waals surface area contributed by atoms with Crippen LogP contribution < -0.4 is 10.6 Å². The van der Waals surface area contributed by atoms with Gasteiger partial charge in [0.05, 0.1) is 12.3 Å². The third kappa shape index (κ3) is 5.41. The first-order chi connectivity index (χ1) is 17.0. The molecule has 0 spiro atoms. The number of piperidine rings is 1. The van der Waals surface area contributed by atoms with Gasteiger partial charge in [0.25, 0.3) is 5.91 Å². The molecule has 0 saturated carbocycles. The van der Waals surface area contributed by atoms with Gasteiger partial charge in [0, 0.05) is 35.7 Å². The molecule has 1 saturated heterocycles. The second-order valence-corrected chi connectivity index (χ2v) is 9.38. The SMILES string of the molecule is O=C(Nc1ccc(CC(=O)N2CCCC(C(=O)Nc3nccs3)C2)cc1)c1cc2ccccc2o1. The van der Waals surface area contributed by atoms with E-state index in [0.29, 0.717) is 29.5 Å². The van der Waals surface area contributed by atoms with Crippen molar-refractivity contribution in [2.75, 3.05) is 23.7 Å². The molecule has 8 nitrogen and oxygen atoms in total. The van der Waals surface area contributed by atoms with Crippen LogP contribution in [0.15, 0.2) is 70.6 Å². The van der Waals surface area contributed by atoms with Crippen LogP contribution in [0.25, 0.3) is 11.0 Å². The van der Waals surface area contributed by atoms with Gasteiger partial charge < -0.3 is 20.0 Å². The summed E-state index contributed by atoms with van der Waals surface area (Å²) < 4.78 is 5.61. The summed E-state index contributed by atoms with van der Waals surface area (Å²) in [7, 11) is 0. The molecule has 2 aromatic carbocycles. The zero-order valence-corrected chi connectivity index (χ0v) is 19.7. The Bertz CT molecular complexity index is 1310. The molecule has 1 fully saturated rings. The number of carbonyl (C=O) groups is 3. The standard InChI is InChI=1S/C26H24N4O4S/c31-23(30-12-3-5-19(16-30)24(32)29-26-27-11-13-35-26)14-17-7-9-20(10-8-17)28-25(33)22-15-18-4-1-2-6-21(18)34-22/h1-2,4,6-11,13,15,19H,3,5,12,14,16H2,(H,28,33)(H,27,29,32). The van der Waals surface area contributed by atoms with Crippen molar-refractivity contribution in [2.24, 2.45) is 5.92 Å². The molecule has 1 aliphatic rings. The monoisotopic (exact) mass is 488 g/mol. The second kappa shape index (κ2) is 10.1. The first-order valence-corrected chi connectivity index (χ1v) is 12.3. The molecule has 4 aromatic rings. The van der Waals surface area contributed by atoms with Crippen molar-refractivity contribution < 1.29 is 18.8 Å². The van der Waals surface area contributed by atoms with Crippen LogP contribution >= 0.6 is 11.3 Å². The molecule has 2 aromatic heterocycles. The van der Waals surface area contributed by atoms with E-state index in [4.69, 9.17) is 4.42 Å². The van der Waals surface area contributed by atoms with Gasteiger partial charge in [-0.1, -0.05) is 30.3 Å². The van der Waals surface area contributed by atoms with E-state index < -0.39 is 0 Å². The minimum atomic E-state index is -0.333. The molecule has 1 aliphatic heterocycles. The van der Waals surface area contributed by atoms with Gasteiger partial charge in [-0.2, -0.15) is 0 Å². The number of nitrogens with zero attached hydrogens (tertiary/aromatic N) is 2. The number of furan rings is 1. The van der Waals surface area contributed by atoms with E-state index >= 15 is 0 Å². The lowest BCUT2D eigenvalue weighted by Gasteiger charge is -2.32. The highest BCUT2D eigenvalue weighted by Crippen LogP contribution is 2.22. The number of anilines is 2. The Balaban J connectivity index is 1.15. The number of thiazole rings is 1. The van der Waals surface area contributed by atoms with Crippen LogP contribution in [0.5, 0.6) is 0 Å². The molecule has 2 N–H and O–H groups in total. The van der Waals surface area contributed by atoms with E-state index in [2.05, 4.69) is 15.6 Å². The van der Waals surface area contributed by atoms with Crippen molar-refractivity contribution in [3.8, 4) is 0 Å². The van der Waals surface area contributed by atoms with Crippen molar-refractivity contribution in [2.45, 2.75) is 19.3 Å². The lowest BCUT2D eigenvalue weighted by Crippen LogP contribution is -2.44. The molecule has 3 amide bonds. The van der Waals surface area contributed by atoms with Crippen molar-refractivity contribution in [3.63, 3.8) is 0 Å². The predicted octanol–water partition coefficient (Wildman–Crippen LogP) is 4.56. The van der Waals surface area contributed by atoms with Gasteiger partial charge in [0.1, 0.15) is 5.58 Å². The highest BCUT2D eigenvalue weighted by molar-refractivity contribution is 7.13. The van der Waals surface area contributed by atoms with E-state index in [-0.39, 0.29) is 35.8 Å². The number of rotatable bonds is 6. The zero-order chi connectivity index (χ0) is 24.2. The Morgan fingerprint density at radius 3 is 2.69 bits per heavy atom. The Morgan fingerprint density at radius 2 is 1.91 bits per heavy atom. The summed E-state index contributed by atoms with van der Waals surface area (Å²) in [6.45, 7) is 1.05. The van der Waals surface area contributed by atoms with E-state index in [9.17, 15) is 14.4 Å². The van der Waals surface area contributed by atoms with Crippen LogP contribution in [0.2, 0.25) is 0 Å². The number of nitrogens with one attached hydrogen (secondary N) is 2. The number of likely N-dealkylation sites (tertiary alicyclic amines) is 1. The first-order valence-electron chi connectivity index (χ1n) is 11.4. The molecule has 0 radical (unpaired) electrons. The fourth-order valence-electron chi connectivity index (χ4n) is 4.19. The van der Waals surface area contributed by atoms with Gasteiger partial charge in [-0.25, -0.2) is 4.98 Å². The van der Waals surface area contributed by atoms with Gasteiger partial charge >= 0.3 is 0 Å². The maximum atomic E-state index is 12.9. The lowest BCUT2D eigenvalue weighted by atomic mass is 9.96. The number of hydrogen-bond donors (Lipinski definition) is 2. The quantitative estimate of drug-likeness (QED) is 0.414. The zero-order valence-electron chi connectivity index (χ0n) is 18.9. The Hall–Kier alpha value is -3.98. The number of aromatic nitrogens is 1. The number of amides is 3.